The Bertz CT molecular complexity index is 465. The summed E-state index contributed by atoms with van der Waals surface area (Å²) in [6.45, 7) is 0. The molecule has 9 heteroatoms. The summed E-state index contributed by atoms with van der Waals surface area (Å²) in [5.74, 6) is 0. The maximum Gasteiger partial charge on any atom is 0.416 e. The molecule has 0 radical (unpaired) electrons. The molecule has 0 bridgehead atoms. The van der Waals surface area contributed by atoms with E-state index in [-0.39, 0.29) is 6.07 Å². The molecule has 0 spiro atoms. The molecule has 0 atom stereocenters. The second-order valence-corrected chi connectivity index (χ2v) is 3.39. The maximum atomic E-state index is 12.3. The summed E-state index contributed by atoms with van der Waals surface area (Å²) in [6.07, 6.45) is -11.2. The summed E-state index contributed by atoms with van der Waals surface area (Å²) >= 11 is 0. The summed E-state index contributed by atoms with van der Waals surface area (Å²) in [5, 5.41) is 10.5. The Hall–Kier alpha value is -1.80. The largest absolute Gasteiger partial charge is 0.416 e. The van der Waals surface area contributed by atoms with Gasteiger partial charge in [-0.3, -0.25) is 10.1 Å². The fourth-order valence-electron chi connectivity index (χ4n) is 1.28. The van der Waals surface area contributed by atoms with Crippen molar-refractivity contribution in [3.05, 3.63) is 39.4 Å². The minimum Gasteiger partial charge on any atom is -0.258 e. The first kappa shape index (κ1) is 14.3. The van der Waals surface area contributed by atoms with Crippen molar-refractivity contribution >= 4 is 5.69 Å². The van der Waals surface area contributed by atoms with Crippen LogP contribution in [-0.4, -0.2) is 11.1 Å². The van der Waals surface area contributed by atoms with Crippen molar-refractivity contribution in [2.75, 3.05) is 0 Å². The first-order valence-electron chi connectivity index (χ1n) is 4.42. The standard InChI is InChI=1S/C9H5F6NO2/c10-8(11,12)4-5-1-2-6(9(13,14)15)3-7(5)16(17)18/h1-3H,4H2. The molecule has 0 amide bonds. The number of nitro benzene ring substituents is 1. The molecule has 0 saturated carbocycles. The Morgan fingerprint density at radius 2 is 1.67 bits per heavy atom. The van der Waals surface area contributed by atoms with Gasteiger partial charge in [0.25, 0.3) is 5.69 Å². The Labute approximate surface area is 96.2 Å². The molecule has 1 rings (SSSR count). The number of hydrogen-bond acceptors (Lipinski definition) is 2. The first-order valence-corrected chi connectivity index (χ1v) is 4.42. The van der Waals surface area contributed by atoms with E-state index in [0.29, 0.717) is 12.1 Å². The van der Waals surface area contributed by atoms with Crippen LogP contribution in [0, 0.1) is 10.1 Å². The molecule has 0 fully saturated rings. The number of benzene rings is 1. The minimum absolute atomic E-state index is 0.0983. The zero-order valence-corrected chi connectivity index (χ0v) is 8.47. The van der Waals surface area contributed by atoms with Crippen molar-refractivity contribution in [2.45, 2.75) is 18.8 Å². The summed E-state index contributed by atoms with van der Waals surface area (Å²) in [6, 6.07) is 0.948. The Balaban J connectivity index is 3.26. The number of nitrogens with zero attached hydrogens (tertiary/aromatic N) is 1. The van der Waals surface area contributed by atoms with E-state index in [1.807, 2.05) is 0 Å². The van der Waals surface area contributed by atoms with Gasteiger partial charge in [0.05, 0.1) is 16.9 Å². The van der Waals surface area contributed by atoms with Gasteiger partial charge in [-0.15, -0.1) is 0 Å². The van der Waals surface area contributed by atoms with Crippen molar-refractivity contribution in [1.82, 2.24) is 0 Å². The monoisotopic (exact) mass is 273 g/mol. The lowest BCUT2D eigenvalue weighted by atomic mass is 10.1. The number of rotatable bonds is 2. The Morgan fingerprint density at radius 3 is 2.06 bits per heavy atom. The summed E-state index contributed by atoms with van der Waals surface area (Å²) in [4.78, 5) is 9.19. The predicted molar refractivity (Wildman–Crippen MR) is 47.9 cm³/mol. The molecule has 0 N–H and O–H groups in total. The van der Waals surface area contributed by atoms with Crippen LogP contribution in [0.4, 0.5) is 32.0 Å². The molecule has 100 valence electrons. The maximum absolute atomic E-state index is 12.3. The Morgan fingerprint density at radius 1 is 1.11 bits per heavy atom. The zero-order valence-electron chi connectivity index (χ0n) is 8.47. The van der Waals surface area contributed by atoms with Crippen molar-refractivity contribution in [3.8, 4) is 0 Å². The van der Waals surface area contributed by atoms with Gasteiger partial charge >= 0.3 is 12.4 Å². The van der Waals surface area contributed by atoms with Crippen LogP contribution in [0.25, 0.3) is 0 Å². The molecule has 0 saturated heterocycles. The highest BCUT2D eigenvalue weighted by atomic mass is 19.4. The second kappa shape index (κ2) is 4.46. The molecule has 1 aromatic rings. The summed E-state index contributed by atoms with van der Waals surface area (Å²) in [5.41, 5.74) is -3.36. The molecule has 0 aliphatic heterocycles. The lowest BCUT2D eigenvalue weighted by Gasteiger charge is -2.10. The third kappa shape index (κ3) is 3.60. The smallest absolute Gasteiger partial charge is 0.258 e. The average molecular weight is 273 g/mol. The molecular formula is C9H5F6NO2. The van der Waals surface area contributed by atoms with E-state index in [0.717, 1.165) is 0 Å². The minimum atomic E-state index is -4.85. The first-order chi connectivity index (χ1) is 8.00. The molecule has 0 heterocycles. The molecule has 3 nitrogen and oxygen atoms in total. The highest BCUT2D eigenvalue weighted by Gasteiger charge is 2.36. The van der Waals surface area contributed by atoms with E-state index in [1.165, 1.54) is 0 Å². The lowest BCUT2D eigenvalue weighted by Crippen LogP contribution is -2.14. The fraction of sp³-hybridized carbons (Fsp3) is 0.333. The molecular weight excluding hydrogens is 268 g/mol. The highest BCUT2D eigenvalue weighted by molar-refractivity contribution is 5.44. The summed E-state index contributed by atoms with van der Waals surface area (Å²) in [7, 11) is 0. The lowest BCUT2D eigenvalue weighted by molar-refractivity contribution is -0.386. The van der Waals surface area contributed by atoms with Crippen LogP contribution in [0.15, 0.2) is 18.2 Å². The SMILES string of the molecule is O=[N+]([O-])c1cc(C(F)(F)F)ccc1CC(F)(F)F. The predicted octanol–water partition coefficient (Wildman–Crippen LogP) is 3.72. The van der Waals surface area contributed by atoms with Gasteiger partial charge < -0.3 is 0 Å². The van der Waals surface area contributed by atoms with Crippen LogP contribution in [0.3, 0.4) is 0 Å². The molecule has 0 aromatic heterocycles. The van der Waals surface area contributed by atoms with E-state index in [9.17, 15) is 36.5 Å². The van der Waals surface area contributed by atoms with E-state index in [4.69, 9.17) is 0 Å². The molecule has 0 unspecified atom stereocenters. The molecule has 0 aliphatic rings. The van der Waals surface area contributed by atoms with Crippen LogP contribution in [0.2, 0.25) is 0 Å². The van der Waals surface area contributed by atoms with Crippen LogP contribution >= 0.6 is 0 Å². The van der Waals surface area contributed by atoms with Gasteiger partial charge in [0, 0.05) is 11.6 Å². The highest BCUT2D eigenvalue weighted by Crippen LogP contribution is 2.34. The van der Waals surface area contributed by atoms with E-state index in [1.54, 1.807) is 0 Å². The van der Waals surface area contributed by atoms with Gasteiger partial charge in [-0.25, -0.2) is 0 Å². The third-order valence-electron chi connectivity index (χ3n) is 2.00. The normalized spacial score (nSPS) is 12.6. The van der Waals surface area contributed by atoms with Crippen molar-refractivity contribution in [2.24, 2.45) is 0 Å². The van der Waals surface area contributed by atoms with Crippen LogP contribution in [0.5, 0.6) is 0 Å². The van der Waals surface area contributed by atoms with E-state index >= 15 is 0 Å². The number of nitro groups is 1. The summed E-state index contributed by atoms with van der Waals surface area (Å²) < 4.78 is 73.0. The molecule has 18 heavy (non-hydrogen) atoms. The van der Waals surface area contributed by atoms with Gasteiger partial charge in [-0.2, -0.15) is 26.3 Å². The fourth-order valence-corrected chi connectivity index (χ4v) is 1.28. The van der Waals surface area contributed by atoms with Crippen molar-refractivity contribution in [1.29, 1.82) is 0 Å². The number of alkyl halides is 6. The number of hydrogen-bond donors (Lipinski definition) is 0. The van der Waals surface area contributed by atoms with Gasteiger partial charge in [0.2, 0.25) is 0 Å². The van der Waals surface area contributed by atoms with Crippen LogP contribution in [-0.2, 0) is 12.6 Å². The Kier molecular flexibility index (Phi) is 3.54. The van der Waals surface area contributed by atoms with E-state index < -0.39 is 40.5 Å². The quantitative estimate of drug-likeness (QED) is 0.468. The zero-order chi connectivity index (χ0) is 14.1. The average Bonchev–Trinajstić information content (AvgIpc) is 2.13. The second-order valence-electron chi connectivity index (χ2n) is 3.39. The van der Waals surface area contributed by atoms with Crippen molar-refractivity contribution in [3.63, 3.8) is 0 Å². The van der Waals surface area contributed by atoms with Gasteiger partial charge in [-0.05, 0) is 6.07 Å². The van der Waals surface area contributed by atoms with Crippen molar-refractivity contribution < 1.29 is 31.3 Å². The topological polar surface area (TPSA) is 43.1 Å². The number of halogens is 6. The third-order valence-corrected chi connectivity index (χ3v) is 2.00. The van der Waals surface area contributed by atoms with Gasteiger partial charge in [0.1, 0.15) is 0 Å². The van der Waals surface area contributed by atoms with Gasteiger partial charge in [-0.1, -0.05) is 6.07 Å². The van der Waals surface area contributed by atoms with Crippen LogP contribution in [0.1, 0.15) is 11.1 Å². The van der Waals surface area contributed by atoms with E-state index in [2.05, 4.69) is 0 Å². The van der Waals surface area contributed by atoms with Gasteiger partial charge in [0.15, 0.2) is 0 Å². The molecule has 0 aliphatic carbocycles. The molecule has 1 aromatic carbocycles. The van der Waals surface area contributed by atoms with Crippen LogP contribution < -0.4 is 0 Å².